The number of nitrogens with zero attached hydrogens (tertiary/aromatic N) is 1. The molecule has 0 spiro atoms. The number of rotatable bonds is 1. The Bertz CT molecular complexity index is 269. The summed E-state index contributed by atoms with van der Waals surface area (Å²) in [6.45, 7) is 0. The third-order valence-electron chi connectivity index (χ3n) is 0.828. The van der Waals surface area contributed by atoms with Crippen molar-refractivity contribution in [3.05, 3.63) is 5.69 Å². The second-order valence-corrected chi connectivity index (χ2v) is 2.52. The van der Waals surface area contributed by atoms with Crippen molar-refractivity contribution < 1.29 is 15.0 Å². The zero-order valence-corrected chi connectivity index (χ0v) is 5.55. The Morgan fingerprint density at radius 2 is 2.30 bits per heavy atom. The van der Waals surface area contributed by atoms with E-state index in [9.17, 15) is 4.79 Å². The first-order valence-electron chi connectivity index (χ1n) is 2.30. The molecule has 6 heteroatoms. The van der Waals surface area contributed by atoms with E-state index in [4.69, 9.17) is 15.9 Å². The molecule has 1 heterocycles. The van der Waals surface area contributed by atoms with Gasteiger partial charge in [0.1, 0.15) is 0 Å². The van der Waals surface area contributed by atoms with Crippen LogP contribution in [0.5, 0.6) is 5.06 Å². The lowest BCUT2D eigenvalue weighted by Gasteiger charge is -1.83. The highest BCUT2D eigenvalue weighted by Gasteiger charge is 2.14. The lowest BCUT2D eigenvalue weighted by molar-refractivity contribution is 0.0688. The number of carbonyl (C=O) groups is 1. The van der Waals surface area contributed by atoms with Gasteiger partial charge in [0, 0.05) is 0 Å². The van der Waals surface area contributed by atoms with E-state index in [1.165, 1.54) is 0 Å². The number of thiazole rings is 1. The number of aromatic hydroxyl groups is 1. The van der Waals surface area contributed by atoms with Gasteiger partial charge in [0.2, 0.25) is 10.8 Å². The standard InChI is InChI=1S/C4H4N2O3S/c5-4-6-1(2(7)8)3(9)10-4/h9H,(H2,5,6)(H,7,8). The average Bonchev–Trinajstić information content (AvgIpc) is 2.10. The van der Waals surface area contributed by atoms with Crippen LogP contribution in [0.2, 0.25) is 0 Å². The second-order valence-electron chi connectivity index (χ2n) is 1.51. The number of hydrogen-bond donors (Lipinski definition) is 3. The average molecular weight is 160 g/mol. The number of anilines is 1. The first-order chi connectivity index (χ1) is 4.61. The van der Waals surface area contributed by atoms with Gasteiger partial charge in [-0.15, -0.1) is 0 Å². The van der Waals surface area contributed by atoms with Gasteiger partial charge >= 0.3 is 5.97 Å². The smallest absolute Gasteiger partial charge is 0.359 e. The molecule has 0 saturated carbocycles. The summed E-state index contributed by atoms with van der Waals surface area (Å²) in [7, 11) is 0. The molecule has 1 aromatic heterocycles. The maximum atomic E-state index is 10.2. The lowest BCUT2D eigenvalue weighted by Crippen LogP contribution is -1.96. The van der Waals surface area contributed by atoms with Crippen LogP contribution in [0.25, 0.3) is 0 Å². The predicted molar refractivity (Wildman–Crippen MR) is 35.2 cm³/mol. The summed E-state index contributed by atoms with van der Waals surface area (Å²) < 4.78 is 0. The largest absolute Gasteiger partial charge is 0.498 e. The Balaban J connectivity index is 3.15. The Kier molecular flexibility index (Phi) is 1.46. The molecule has 0 aromatic carbocycles. The van der Waals surface area contributed by atoms with E-state index in [1.54, 1.807) is 0 Å². The minimum atomic E-state index is -1.27. The third-order valence-corrected chi connectivity index (χ3v) is 1.52. The minimum absolute atomic E-state index is 0.0508. The van der Waals surface area contributed by atoms with E-state index in [2.05, 4.69) is 4.98 Å². The first-order valence-corrected chi connectivity index (χ1v) is 3.11. The van der Waals surface area contributed by atoms with Gasteiger partial charge in [-0.05, 0) is 0 Å². The number of aromatic nitrogens is 1. The zero-order chi connectivity index (χ0) is 7.72. The Morgan fingerprint density at radius 3 is 2.50 bits per heavy atom. The third kappa shape index (κ3) is 1.01. The lowest BCUT2D eigenvalue weighted by atomic mass is 10.5. The predicted octanol–water partition coefficient (Wildman–Crippen LogP) is 0.129. The topological polar surface area (TPSA) is 96.4 Å². The van der Waals surface area contributed by atoms with E-state index >= 15 is 0 Å². The normalized spacial score (nSPS) is 9.60. The molecule has 0 unspecified atom stereocenters. The van der Waals surface area contributed by atoms with Crippen molar-refractivity contribution in [2.45, 2.75) is 0 Å². The van der Waals surface area contributed by atoms with Crippen molar-refractivity contribution in [1.82, 2.24) is 4.98 Å². The van der Waals surface area contributed by atoms with Crippen LogP contribution in [0.1, 0.15) is 10.5 Å². The molecule has 0 amide bonds. The fourth-order valence-electron chi connectivity index (χ4n) is 0.468. The molecule has 0 fully saturated rings. The van der Waals surface area contributed by atoms with Crippen molar-refractivity contribution in [1.29, 1.82) is 0 Å². The highest BCUT2D eigenvalue weighted by atomic mass is 32.1. The summed E-state index contributed by atoms with van der Waals surface area (Å²) >= 11 is 0.739. The molecule has 0 atom stereocenters. The highest BCUT2D eigenvalue weighted by Crippen LogP contribution is 2.26. The summed E-state index contributed by atoms with van der Waals surface area (Å²) in [4.78, 5) is 13.5. The summed E-state index contributed by atoms with van der Waals surface area (Å²) in [5.74, 6) is -1.27. The Hall–Kier alpha value is -1.30. The van der Waals surface area contributed by atoms with Crippen LogP contribution >= 0.6 is 11.3 Å². The monoisotopic (exact) mass is 160 g/mol. The molecule has 0 aliphatic rings. The van der Waals surface area contributed by atoms with Crippen LogP contribution in [0.15, 0.2) is 0 Å². The molecule has 4 N–H and O–H groups in total. The Morgan fingerprint density at radius 1 is 1.70 bits per heavy atom. The van der Waals surface area contributed by atoms with Crippen molar-refractivity contribution in [3.8, 4) is 5.06 Å². The van der Waals surface area contributed by atoms with Crippen molar-refractivity contribution in [2.75, 3.05) is 5.73 Å². The van der Waals surface area contributed by atoms with Gasteiger partial charge in [-0.3, -0.25) is 0 Å². The number of carboxylic acids is 1. The molecular formula is C4H4N2O3S. The summed E-state index contributed by atoms with van der Waals surface area (Å²) in [5, 5.41) is 16.8. The maximum absolute atomic E-state index is 10.2. The Labute approximate surface area is 59.7 Å². The van der Waals surface area contributed by atoms with Crippen molar-refractivity contribution in [2.24, 2.45) is 0 Å². The van der Waals surface area contributed by atoms with Gasteiger partial charge < -0.3 is 15.9 Å². The first kappa shape index (κ1) is 6.81. The van der Waals surface area contributed by atoms with Crippen LogP contribution in [-0.4, -0.2) is 21.2 Å². The molecule has 0 aliphatic heterocycles. The van der Waals surface area contributed by atoms with Gasteiger partial charge in [-0.25, -0.2) is 9.78 Å². The zero-order valence-electron chi connectivity index (χ0n) is 4.74. The highest BCUT2D eigenvalue weighted by molar-refractivity contribution is 7.17. The summed E-state index contributed by atoms with van der Waals surface area (Å²) in [6.07, 6.45) is 0. The number of hydrogen-bond acceptors (Lipinski definition) is 5. The molecule has 0 bridgehead atoms. The SMILES string of the molecule is Nc1nc(C(=O)O)c(O)s1. The maximum Gasteiger partial charge on any atom is 0.359 e. The van der Waals surface area contributed by atoms with Gasteiger partial charge in [0.05, 0.1) is 0 Å². The van der Waals surface area contributed by atoms with E-state index in [-0.39, 0.29) is 15.9 Å². The molecular weight excluding hydrogens is 156 g/mol. The van der Waals surface area contributed by atoms with E-state index in [0.29, 0.717) is 0 Å². The molecule has 10 heavy (non-hydrogen) atoms. The van der Waals surface area contributed by atoms with Crippen LogP contribution < -0.4 is 5.73 Å². The number of aromatic carboxylic acids is 1. The molecule has 0 radical (unpaired) electrons. The van der Waals surface area contributed by atoms with Crippen LogP contribution in [0.3, 0.4) is 0 Å². The van der Waals surface area contributed by atoms with Crippen LogP contribution in [-0.2, 0) is 0 Å². The number of nitrogens with two attached hydrogens (primary N) is 1. The van der Waals surface area contributed by atoms with Gasteiger partial charge in [-0.1, -0.05) is 11.3 Å². The summed E-state index contributed by atoms with van der Waals surface area (Å²) in [6, 6.07) is 0. The molecule has 1 rings (SSSR count). The number of nitrogen functional groups attached to an aromatic ring is 1. The van der Waals surface area contributed by atoms with E-state index in [0.717, 1.165) is 11.3 Å². The van der Waals surface area contributed by atoms with Crippen molar-refractivity contribution in [3.63, 3.8) is 0 Å². The molecule has 0 aliphatic carbocycles. The van der Waals surface area contributed by atoms with Crippen LogP contribution in [0.4, 0.5) is 5.13 Å². The van der Waals surface area contributed by atoms with Gasteiger partial charge in [0.25, 0.3) is 0 Å². The fraction of sp³-hybridized carbons (Fsp3) is 0. The van der Waals surface area contributed by atoms with Crippen molar-refractivity contribution >= 4 is 22.4 Å². The summed E-state index contributed by atoms with van der Waals surface area (Å²) in [5.41, 5.74) is 4.71. The molecule has 1 aromatic rings. The minimum Gasteiger partial charge on any atom is -0.498 e. The van der Waals surface area contributed by atoms with Gasteiger partial charge in [-0.2, -0.15) is 0 Å². The number of carboxylic acid groups (broad SMARTS) is 1. The van der Waals surface area contributed by atoms with Crippen LogP contribution in [0, 0.1) is 0 Å². The molecule has 54 valence electrons. The molecule has 0 saturated heterocycles. The molecule has 5 nitrogen and oxygen atoms in total. The van der Waals surface area contributed by atoms with E-state index in [1.807, 2.05) is 0 Å². The van der Waals surface area contributed by atoms with E-state index < -0.39 is 5.97 Å². The van der Waals surface area contributed by atoms with Gasteiger partial charge in [0.15, 0.2) is 5.13 Å². The second kappa shape index (κ2) is 2.14. The fourth-order valence-corrected chi connectivity index (χ4v) is 1.03. The quantitative estimate of drug-likeness (QED) is 0.542.